The molecule has 0 aliphatic heterocycles. The van der Waals surface area contributed by atoms with Gasteiger partial charge in [-0.15, -0.1) is 0 Å². The van der Waals surface area contributed by atoms with Crippen LogP contribution in [0.4, 0.5) is 5.82 Å². The Bertz CT molecular complexity index is 1360. The molecule has 0 amide bonds. The van der Waals surface area contributed by atoms with E-state index in [1.807, 2.05) is 53.4 Å². The Balaban J connectivity index is 1.54. The van der Waals surface area contributed by atoms with Gasteiger partial charge in [-0.25, -0.2) is 4.98 Å². The van der Waals surface area contributed by atoms with E-state index in [0.29, 0.717) is 22.7 Å². The number of aliphatic carboxylic acids is 1. The largest absolute Gasteiger partial charge is 0.481 e. The van der Waals surface area contributed by atoms with E-state index in [0.717, 1.165) is 42.5 Å². The third kappa shape index (κ3) is 3.96. The predicted molar refractivity (Wildman–Crippen MR) is 129 cm³/mol. The number of carboxylic acids is 1. The first kappa shape index (κ1) is 21.9. The number of Topliss-reactive ketones (excluding diaryl/α,β-unsaturated/α-hetero) is 1. The van der Waals surface area contributed by atoms with Crippen molar-refractivity contribution < 1.29 is 14.7 Å². The number of hydrogen-bond acceptors (Lipinski definition) is 5. The summed E-state index contributed by atoms with van der Waals surface area (Å²) in [4.78, 5) is 28.6. The molecule has 1 aliphatic rings. The van der Waals surface area contributed by atoms with Crippen molar-refractivity contribution in [2.75, 3.05) is 5.73 Å². The molecular weight excluding hydrogens is 430 g/mol. The molecule has 0 radical (unpaired) electrons. The number of aromatic nitrogens is 4. The summed E-state index contributed by atoms with van der Waals surface area (Å²) < 4.78 is 3.59. The van der Waals surface area contributed by atoms with Crippen LogP contribution in [0.5, 0.6) is 0 Å². The van der Waals surface area contributed by atoms with Crippen molar-refractivity contribution in [3.05, 3.63) is 66.2 Å². The van der Waals surface area contributed by atoms with E-state index in [9.17, 15) is 9.59 Å². The van der Waals surface area contributed by atoms with Crippen LogP contribution in [0.25, 0.3) is 22.5 Å². The van der Waals surface area contributed by atoms with Gasteiger partial charge in [-0.3, -0.25) is 9.59 Å². The standard InChI is InChI=1S/C26H27N5O3/c1-16(32)23-24(18-9-7-17(8-10-18)13-22(33)34)29-26-21(14-28-31(26)25(23)27)19-11-12-30(15-19)20-5-3-2-4-6-20/h2-6,11-12,14-15,17-18H,7-10,13,27H2,1H3,(H,33,34). The number of para-hydroxylation sites is 1. The summed E-state index contributed by atoms with van der Waals surface area (Å²) in [5, 5.41) is 13.6. The molecule has 0 saturated heterocycles. The summed E-state index contributed by atoms with van der Waals surface area (Å²) in [6, 6.07) is 12.1. The van der Waals surface area contributed by atoms with Crippen LogP contribution in [0.2, 0.25) is 0 Å². The van der Waals surface area contributed by atoms with Gasteiger partial charge in [0.05, 0.1) is 17.5 Å². The van der Waals surface area contributed by atoms with Crippen LogP contribution in [0, 0.1) is 5.92 Å². The number of nitrogen functional groups attached to an aromatic ring is 1. The van der Waals surface area contributed by atoms with Crippen molar-refractivity contribution in [3.8, 4) is 16.8 Å². The van der Waals surface area contributed by atoms with E-state index in [2.05, 4.69) is 5.10 Å². The number of nitrogens with two attached hydrogens (primary N) is 1. The van der Waals surface area contributed by atoms with E-state index in [1.54, 1.807) is 10.7 Å². The lowest BCUT2D eigenvalue weighted by molar-refractivity contribution is -0.138. The summed E-state index contributed by atoms with van der Waals surface area (Å²) in [6.07, 6.45) is 9.11. The molecule has 5 rings (SSSR count). The van der Waals surface area contributed by atoms with Crippen LogP contribution in [-0.4, -0.2) is 36.0 Å². The molecular formula is C26H27N5O3. The molecule has 34 heavy (non-hydrogen) atoms. The van der Waals surface area contributed by atoms with E-state index in [-0.39, 0.29) is 24.0 Å². The van der Waals surface area contributed by atoms with Crippen LogP contribution in [0.3, 0.4) is 0 Å². The lowest BCUT2D eigenvalue weighted by atomic mass is 9.78. The van der Waals surface area contributed by atoms with Gasteiger partial charge in [0.1, 0.15) is 5.82 Å². The quantitative estimate of drug-likeness (QED) is 0.405. The minimum atomic E-state index is -0.761. The molecule has 0 bridgehead atoms. The first-order valence-corrected chi connectivity index (χ1v) is 11.6. The molecule has 1 aromatic carbocycles. The highest BCUT2D eigenvalue weighted by atomic mass is 16.4. The Hall–Kier alpha value is -3.94. The minimum absolute atomic E-state index is 0.0629. The van der Waals surface area contributed by atoms with Gasteiger partial charge in [0, 0.05) is 41.5 Å². The summed E-state index contributed by atoms with van der Waals surface area (Å²) in [7, 11) is 0. The second-order valence-electron chi connectivity index (χ2n) is 9.07. The van der Waals surface area contributed by atoms with Crippen LogP contribution in [0.1, 0.15) is 61.0 Å². The van der Waals surface area contributed by atoms with Gasteiger partial charge in [-0.2, -0.15) is 9.61 Å². The highest BCUT2D eigenvalue weighted by Crippen LogP contribution is 2.40. The molecule has 3 heterocycles. The second kappa shape index (κ2) is 8.78. The number of fused-ring (bicyclic) bond motifs is 1. The summed E-state index contributed by atoms with van der Waals surface area (Å²) in [5.74, 6) is -0.370. The Morgan fingerprint density at radius 3 is 2.53 bits per heavy atom. The van der Waals surface area contributed by atoms with Crippen LogP contribution >= 0.6 is 0 Å². The topological polar surface area (TPSA) is 116 Å². The lowest BCUT2D eigenvalue weighted by Gasteiger charge is -2.28. The predicted octanol–water partition coefficient (Wildman–Crippen LogP) is 4.72. The molecule has 0 spiro atoms. The van der Waals surface area contributed by atoms with Crippen molar-refractivity contribution in [1.82, 2.24) is 19.2 Å². The van der Waals surface area contributed by atoms with Gasteiger partial charge >= 0.3 is 5.97 Å². The second-order valence-corrected chi connectivity index (χ2v) is 9.07. The highest BCUT2D eigenvalue weighted by Gasteiger charge is 2.30. The Morgan fingerprint density at radius 1 is 1.12 bits per heavy atom. The fraction of sp³-hybridized carbons (Fsp3) is 0.308. The third-order valence-electron chi connectivity index (χ3n) is 6.82. The Morgan fingerprint density at radius 2 is 1.85 bits per heavy atom. The number of ketones is 1. The minimum Gasteiger partial charge on any atom is -0.481 e. The maximum absolute atomic E-state index is 12.6. The van der Waals surface area contributed by atoms with Gasteiger partial charge in [-0.05, 0) is 56.7 Å². The summed E-state index contributed by atoms with van der Waals surface area (Å²) >= 11 is 0. The van der Waals surface area contributed by atoms with Crippen molar-refractivity contribution in [3.63, 3.8) is 0 Å². The molecule has 1 fully saturated rings. The Labute approximate surface area is 197 Å². The first-order valence-electron chi connectivity index (χ1n) is 11.6. The molecule has 1 saturated carbocycles. The fourth-order valence-corrected chi connectivity index (χ4v) is 5.10. The van der Waals surface area contributed by atoms with Gasteiger partial charge in [-0.1, -0.05) is 18.2 Å². The average molecular weight is 458 g/mol. The normalized spacial score (nSPS) is 18.3. The smallest absolute Gasteiger partial charge is 0.303 e. The molecule has 4 aromatic rings. The zero-order chi connectivity index (χ0) is 23.8. The zero-order valence-corrected chi connectivity index (χ0v) is 19.0. The monoisotopic (exact) mass is 457 g/mol. The van der Waals surface area contributed by atoms with Crippen molar-refractivity contribution >= 4 is 23.2 Å². The number of carboxylic acid groups (broad SMARTS) is 1. The molecule has 0 atom stereocenters. The first-order chi connectivity index (χ1) is 16.4. The molecule has 8 nitrogen and oxygen atoms in total. The molecule has 3 aromatic heterocycles. The maximum Gasteiger partial charge on any atom is 0.303 e. The van der Waals surface area contributed by atoms with Crippen molar-refractivity contribution in [1.29, 1.82) is 0 Å². The third-order valence-corrected chi connectivity index (χ3v) is 6.82. The van der Waals surface area contributed by atoms with E-state index in [4.69, 9.17) is 15.8 Å². The highest BCUT2D eigenvalue weighted by molar-refractivity contribution is 6.00. The van der Waals surface area contributed by atoms with E-state index < -0.39 is 5.97 Å². The number of carbonyl (C=O) groups is 2. The van der Waals surface area contributed by atoms with Gasteiger partial charge < -0.3 is 15.4 Å². The molecule has 8 heteroatoms. The number of benzene rings is 1. The number of hydrogen-bond donors (Lipinski definition) is 2. The van der Waals surface area contributed by atoms with E-state index >= 15 is 0 Å². The number of rotatable bonds is 6. The van der Waals surface area contributed by atoms with Crippen LogP contribution in [-0.2, 0) is 4.79 Å². The lowest BCUT2D eigenvalue weighted by Crippen LogP contribution is -2.21. The Kier molecular flexibility index (Phi) is 5.65. The molecule has 1 aliphatic carbocycles. The van der Waals surface area contributed by atoms with Crippen molar-refractivity contribution in [2.45, 2.75) is 44.9 Å². The molecule has 3 N–H and O–H groups in total. The average Bonchev–Trinajstić information content (AvgIpc) is 3.47. The number of nitrogens with zero attached hydrogens (tertiary/aromatic N) is 4. The zero-order valence-electron chi connectivity index (χ0n) is 19.0. The molecule has 0 unspecified atom stereocenters. The van der Waals surface area contributed by atoms with Crippen LogP contribution < -0.4 is 5.73 Å². The summed E-state index contributed by atoms with van der Waals surface area (Å²) in [6.45, 7) is 1.50. The number of carbonyl (C=O) groups excluding carboxylic acids is 1. The van der Waals surface area contributed by atoms with Gasteiger partial charge in [0.15, 0.2) is 11.4 Å². The fourth-order valence-electron chi connectivity index (χ4n) is 5.10. The summed E-state index contributed by atoms with van der Waals surface area (Å²) in [5.41, 5.74) is 11.1. The SMILES string of the molecule is CC(=O)c1c(C2CCC(CC(=O)O)CC2)nc2c(-c3ccn(-c4ccccc4)c3)cnn2c1N. The maximum atomic E-state index is 12.6. The van der Waals surface area contributed by atoms with Gasteiger partial charge in [0.2, 0.25) is 0 Å². The molecule has 174 valence electrons. The van der Waals surface area contributed by atoms with Gasteiger partial charge in [0.25, 0.3) is 0 Å². The van der Waals surface area contributed by atoms with E-state index in [1.165, 1.54) is 6.92 Å². The number of anilines is 1. The van der Waals surface area contributed by atoms with Crippen molar-refractivity contribution in [2.24, 2.45) is 5.92 Å². The van der Waals surface area contributed by atoms with Crippen LogP contribution in [0.15, 0.2) is 55.0 Å².